The van der Waals surface area contributed by atoms with Crippen molar-refractivity contribution in [3.05, 3.63) is 34.0 Å². The summed E-state index contributed by atoms with van der Waals surface area (Å²) in [7, 11) is 1.99. The molecule has 1 fully saturated rings. The lowest BCUT2D eigenvalue weighted by atomic mass is 10.2. The van der Waals surface area contributed by atoms with Gasteiger partial charge in [0.25, 0.3) is 0 Å². The third-order valence-electron chi connectivity index (χ3n) is 5.35. The van der Waals surface area contributed by atoms with Gasteiger partial charge in [0, 0.05) is 31.1 Å². The van der Waals surface area contributed by atoms with Crippen LogP contribution in [0.1, 0.15) is 36.8 Å². The molecule has 0 spiro atoms. The van der Waals surface area contributed by atoms with Crippen molar-refractivity contribution in [1.29, 1.82) is 0 Å². The van der Waals surface area contributed by atoms with E-state index in [1.165, 1.54) is 11.3 Å². The van der Waals surface area contributed by atoms with Crippen LogP contribution in [0, 0.1) is 6.92 Å². The predicted molar refractivity (Wildman–Crippen MR) is 111 cm³/mol. The summed E-state index contributed by atoms with van der Waals surface area (Å²) in [4.78, 5) is 11.1. The first-order chi connectivity index (χ1) is 13.1. The van der Waals surface area contributed by atoms with E-state index in [1.54, 1.807) is 11.3 Å². The summed E-state index contributed by atoms with van der Waals surface area (Å²) in [6.45, 7) is 12.1. The number of rotatable bonds is 7. The van der Waals surface area contributed by atoms with Gasteiger partial charge in [-0.15, -0.1) is 21.5 Å². The van der Waals surface area contributed by atoms with Crippen LogP contribution in [0.3, 0.4) is 0 Å². The lowest BCUT2D eigenvalue weighted by molar-refractivity contribution is 0.223. The number of likely N-dealkylation sites (tertiary alicyclic amines) is 1. The second-order valence-corrected chi connectivity index (χ2v) is 7.94. The molecular weight excluding hydrogens is 358 g/mol. The molecule has 148 valence electrons. The highest BCUT2D eigenvalue weighted by Crippen LogP contribution is 2.16. The van der Waals surface area contributed by atoms with Crippen LogP contribution in [0.15, 0.2) is 22.5 Å². The maximum absolute atomic E-state index is 4.89. The van der Waals surface area contributed by atoms with Gasteiger partial charge in [0.1, 0.15) is 12.4 Å². The van der Waals surface area contributed by atoms with E-state index in [2.05, 4.69) is 56.7 Å². The van der Waals surface area contributed by atoms with E-state index in [4.69, 9.17) is 4.99 Å². The molecule has 8 heteroatoms. The Morgan fingerprint density at radius 1 is 1.37 bits per heavy atom. The molecule has 2 aromatic rings. The number of guanidine groups is 1. The zero-order valence-electron chi connectivity index (χ0n) is 16.9. The average molecular weight is 390 g/mol. The maximum Gasteiger partial charge on any atom is 0.194 e. The molecule has 0 amide bonds. The molecule has 2 aromatic heterocycles. The van der Waals surface area contributed by atoms with Crippen LogP contribution < -0.4 is 5.32 Å². The summed E-state index contributed by atoms with van der Waals surface area (Å²) in [5, 5.41) is 14.1. The molecule has 0 saturated carbocycles. The highest BCUT2D eigenvalue weighted by Gasteiger charge is 2.28. The van der Waals surface area contributed by atoms with E-state index in [0.717, 1.165) is 50.3 Å². The Kier molecular flexibility index (Phi) is 6.84. The molecule has 0 aliphatic carbocycles. The number of hydrogen-bond acceptors (Lipinski definition) is 5. The molecule has 1 saturated heterocycles. The van der Waals surface area contributed by atoms with E-state index < -0.39 is 0 Å². The Balaban J connectivity index is 1.71. The zero-order valence-corrected chi connectivity index (χ0v) is 17.7. The number of aliphatic imine (C=N–C) groups is 1. The van der Waals surface area contributed by atoms with Gasteiger partial charge in [-0.25, -0.2) is 4.99 Å². The molecule has 27 heavy (non-hydrogen) atoms. The van der Waals surface area contributed by atoms with Crippen molar-refractivity contribution in [3.63, 3.8) is 0 Å². The fourth-order valence-electron chi connectivity index (χ4n) is 3.55. The van der Waals surface area contributed by atoms with Crippen molar-refractivity contribution in [2.45, 2.75) is 46.3 Å². The smallest absolute Gasteiger partial charge is 0.194 e. The second-order valence-electron chi connectivity index (χ2n) is 6.90. The number of aryl methyl sites for hydroxylation is 1. The molecule has 3 rings (SSSR count). The first kappa shape index (κ1) is 19.8. The molecule has 1 atom stereocenters. The summed E-state index contributed by atoms with van der Waals surface area (Å²) in [6.07, 6.45) is 1.18. The lowest BCUT2D eigenvalue weighted by Gasteiger charge is -2.27. The molecule has 1 unspecified atom stereocenters. The standard InChI is InChI=1S/C19H31N7S/c1-5-25(6-2)16-9-10-26(14-16)19(20-12-17-8-7-11-27-17)21-13-18-23-22-15(3)24(18)4/h7-8,11,16H,5-6,9-10,12-14H2,1-4H3,(H,20,21). The molecule has 3 heterocycles. The van der Waals surface area contributed by atoms with Crippen LogP contribution in [0.25, 0.3) is 0 Å². The van der Waals surface area contributed by atoms with Crippen LogP contribution in [0.5, 0.6) is 0 Å². The van der Waals surface area contributed by atoms with Crippen LogP contribution >= 0.6 is 11.3 Å². The Labute approximate surface area is 166 Å². The largest absolute Gasteiger partial charge is 0.351 e. The van der Waals surface area contributed by atoms with Crippen molar-refractivity contribution in [1.82, 2.24) is 29.9 Å². The first-order valence-corrected chi connectivity index (χ1v) is 10.6. The Morgan fingerprint density at radius 2 is 2.19 bits per heavy atom. The van der Waals surface area contributed by atoms with E-state index in [1.807, 2.05) is 18.5 Å². The van der Waals surface area contributed by atoms with Gasteiger partial charge in [0.05, 0.1) is 6.54 Å². The van der Waals surface area contributed by atoms with Crippen molar-refractivity contribution in [2.24, 2.45) is 12.0 Å². The number of aromatic nitrogens is 3. The molecule has 1 N–H and O–H groups in total. The van der Waals surface area contributed by atoms with Gasteiger partial charge in [-0.1, -0.05) is 19.9 Å². The lowest BCUT2D eigenvalue weighted by Crippen LogP contribution is -2.43. The minimum Gasteiger partial charge on any atom is -0.351 e. The topological polar surface area (TPSA) is 61.6 Å². The fraction of sp³-hybridized carbons (Fsp3) is 0.632. The van der Waals surface area contributed by atoms with Crippen LogP contribution in [-0.4, -0.2) is 62.7 Å². The van der Waals surface area contributed by atoms with E-state index in [-0.39, 0.29) is 0 Å². The summed E-state index contributed by atoms with van der Waals surface area (Å²) in [5.41, 5.74) is 0. The van der Waals surface area contributed by atoms with Gasteiger partial charge >= 0.3 is 0 Å². The van der Waals surface area contributed by atoms with Gasteiger partial charge in [-0.05, 0) is 37.9 Å². The average Bonchev–Trinajstić information content (AvgIpc) is 3.41. The normalized spacial score (nSPS) is 17.9. The van der Waals surface area contributed by atoms with E-state index >= 15 is 0 Å². The SMILES string of the molecule is CCN(CC)C1CCN(C(=NCc2nnc(C)n2C)NCc2cccs2)C1. The molecular formula is C19H31N7S. The quantitative estimate of drug-likeness (QED) is 0.581. The minimum absolute atomic E-state index is 0.538. The summed E-state index contributed by atoms with van der Waals surface area (Å²) >= 11 is 1.77. The van der Waals surface area contributed by atoms with Crippen molar-refractivity contribution >= 4 is 17.3 Å². The van der Waals surface area contributed by atoms with E-state index in [0.29, 0.717) is 12.6 Å². The second kappa shape index (κ2) is 9.32. The van der Waals surface area contributed by atoms with Crippen LogP contribution in [0.2, 0.25) is 0 Å². The molecule has 1 aliphatic rings. The summed E-state index contributed by atoms with van der Waals surface area (Å²) in [6, 6.07) is 4.85. The van der Waals surface area contributed by atoms with E-state index in [9.17, 15) is 0 Å². The number of likely N-dealkylation sites (N-methyl/N-ethyl adjacent to an activating group) is 1. The summed E-state index contributed by atoms with van der Waals surface area (Å²) < 4.78 is 2.00. The minimum atomic E-state index is 0.538. The Bertz CT molecular complexity index is 733. The van der Waals surface area contributed by atoms with Gasteiger partial charge in [0.2, 0.25) is 0 Å². The van der Waals surface area contributed by atoms with Crippen LogP contribution in [-0.2, 0) is 20.1 Å². The maximum atomic E-state index is 4.89. The van der Waals surface area contributed by atoms with Crippen molar-refractivity contribution in [3.8, 4) is 0 Å². The fourth-order valence-corrected chi connectivity index (χ4v) is 4.20. The Morgan fingerprint density at radius 3 is 2.81 bits per heavy atom. The van der Waals surface area contributed by atoms with Gasteiger partial charge < -0.3 is 14.8 Å². The first-order valence-electron chi connectivity index (χ1n) is 9.76. The van der Waals surface area contributed by atoms with Gasteiger partial charge in [-0.3, -0.25) is 4.90 Å². The zero-order chi connectivity index (χ0) is 19.2. The van der Waals surface area contributed by atoms with Gasteiger partial charge in [-0.2, -0.15) is 0 Å². The summed E-state index contributed by atoms with van der Waals surface area (Å²) in [5.74, 6) is 2.78. The molecule has 1 aliphatic heterocycles. The monoisotopic (exact) mass is 389 g/mol. The third kappa shape index (κ3) is 4.87. The number of hydrogen-bond donors (Lipinski definition) is 1. The number of nitrogens with one attached hydrogen (secondary N) is 1. The van der Waals surface area contributed by atoms with Crippen molar-refractivity contribution in [2.75, 3.05) is 26.2 Å². The molecule has 0 bridgehead atoms. The predicted octanol–water partition coefficient (Wildman–Crippen LogP) is 2.25. The highest BCUT2D eigenvalue weighted by atomic mass is 32.1. The van der Waals surface area contributed by atoms with Crippen LogP contribution in [0.4, 0.5) is 0 Å². The molecule has 0 radical (unpaired) electrons. The third-order valence-corrected chi connectivity index (χ3v) is 6.22. The van der Waals surface area contributed by atoms with Crippen molar-refractivity contribution < 1.29 is 0 Å². The number of nitrogens with zero attached hydrogens (tertiary/aromatic N) is 6. The molecule has 0 aromatic carbocycles. The highest BCUT2D eigenvalue weighted by molar-refractivity contribution is 7.09. The Hall–Kier alpha value is -1.93. The van der Waals surface area contributed by atoms with Gasteiger partial charge in [0.15, 0.2) is 11.8 Å². The number of thiophene rings is 1. The molecule has 7 nitrogen and oxygen atoms in total.